The van der Waals surface area contributed by atoms with Gasteiger partial charge >= 0.3 is 0 Å². The molecule has 64 valence electrons. The minimum absolute atomic E-state index is 0.274. The van der Waals surface area contributed by atoms with Crippen molar-refractivity contribution in [3.8, 4) is 11.1 Å². The van der Waals surface area contributed by atoms with Crippen molar-refractivity contribution in [2.75, 3.05) is 0 Å². The molecule has 0 aliphatic rings. The van der Waals surface area contributed by atoms with Gasteiger partial charge in [-0.1, -0.05) is 30.3 Å². The lowest BCUT2D eigenvalue weighted by Gasteiger charge is -2.04. The summed E-state index contributed by atoms with van der Waals surface area (Å²) in [5.74, 6) is 0. The van der Waals surface area contributed by atoms with Crippen molar-refractivity contribution in [3.63, 3.8) is 0 Å². The van der Waals surface area contributed by atoms with E-state index >= 15 is 0 Å². The first-order valence-electron chi connectivity index (χ1n) is 3.79. The molecule has 0 saturated heterocycles. The third kappa shape index (κ3) is 1.12. The minimum Gasteiger partial charge on any atom is -0.285 e. The Hall–Kier alpha value is -1.35. The molecule has 13 heavy (non-hydrogen) atoms. The van der Waals surface area contributed by atoms with Gasteiger partial charge in [0.1, 0.15) is 0 Å². The van der Waals surface area contributed by atoms with E-state index in [2.05, 4.69) is 12.6 Å². The van der Waals surface area contributed by atoms with Gasteiger partial charge in [0.05, 0.1) is 10.5 Å². The molecular weight excluding hydrogens is 184 g/mol. The second-order valence-corrected chi connectivity index (χ2v) is 3.20. The van der Waals surface area contributed by atoms with Crippen LogP contribution in [0.4, 0.5) is 0 Å². The first kappa shape index (κ1) is 8.26. The minimum atomic E-state index is -0.484. The zero-order valence-corrected chi connectivity index (χ0v) is 7.54. The van der Waals surface area contributed by atoms with Crippen LogP contribution in [0.15, 0.2) is 44.8 Å². The van der Waals surface area contributed by atoms with Crippen LogP contribution in [0, 0.1) is 0 Å². The van der Waals surface area contributed by atoms with Crippen molar-refractivity contribution >= 4 is 12.6 Å². The van der Waals surface area contributed by atoms with E-state index in [-0.39, 0.29) is 4.90 Å². The molecule has 0 atom stereocenters. The molecule has 0 spiro atoms. The van der Waals surface area contributed by atoms with E-state index in [1.807, 2.05) is 18.2 Å². The van der Waals surface area contributed by atoms with Crippen LogP contribution in [0.25, 0.3) is 11.1 Å². The van der Waals surface area contributed by atoms with Crippen LogP contribution in [0.2, 0.25) is 0 Å². The molecule has 0 radical (unpaired) electrons. The molecule has 2 rings (SSSR count). The summed E-state index contributed by atoms with van der Waals surface area (Å²) in [6, 6.07) is 9.07. The van der Waals surface area contributed by atoms with Gasteiger partial charge < -0.3 is 0 Å². The Morgan fingerprint density at radius 3 is 2.08 bits per heavy atom. The van der Waals surface area contributed by atoms with Gasteiger partial charge in [-0.2, -0.15) is 0 Å². The highest BCUT2D eigenvalue weighted by Gasteiger charge is 2.18. The van der Waals surface area contributed by atoms with Crippen molar-refractivity contribution < 1.29 is 0 Å². The highest BCUT2D eigenvalue weighted by atomic mass is 32.1. The standard InChI is InChI=1S/C10H6O2S/c11-8-7(10(13)9(8)12)6-4-2-1-3-5-6/h1-5,13H. The Balaban J connectivity index is 2.63. The quantitative estimate of drug-likeness (QED) is 0.542. The van der Waals surface area contributed by atoms with E-state index < -0.39 is 10.9 Å². The van der Waals surface area contributed by atoms with Crippen molar-refractivity contribution in [2.45, 2.75) is 4.90 Å². The van der Waals surface area contributed by atoms with E-state index in [0.29, 0.717) is 5.56 Å². The molecule has 0 aliphatic heterocycles. The SMILES string of the molecule is O=c1c(S)c(-c2ccccc2)c1=O. The van der Waals surface area contributed by atoms with Crippen molar-refractivity contribution in [1.82, 2.24) is 0 Å². The van der Waals surface area contributed by atoms with Crippen LogP contribution in [-0.4, -0.2) is 0 Å². The third-order valence-corrected chi connectivity index (χ3v) is 2.37. The van der Waals surface area contributed by atoms with Crippen LogP contribution < -0.4 is 10.9 Å². The van der Waals surface area contributed by atoms with Crippen LogP contribution in [0.3, 0.4) is 0 Å². The van der Waals surface area contributed by atoms with Crippen molar-refractivity contribution in [2.24, 2.45) is 0 Å². The Bertz CT molecular complexity index is 507. The lowest BCUT2D eigenvalue weighted by molar-refractivity contribution is 1.24. The average Bonchev–Trinajstić information content (AvgIpc) is 2.19. The summed E-state index contributed by atoms with van der Waals surface area (Å²) in [5, 5.41) is 0. The van der Waals surface area contributed by atoms with Gasteiger partial charge in [0, 0.05) is 0 Å². The highest BCUT2D eigenvalue weighted by molar-refractivity contribution is 7.80. The Morgan fingerprint density at radius 2 is 1.54 bits per heavy atom. The van der Waals surface area contributed by atoms with Crippen LogP contribution >= 0.6 is 12.6 Å². The summed E-state index contributed by atoms with van der Waals surface area (Å²) >= 11 is 3.95. The van der Waals surface area contributed by atoms with E-state index in [1.165, 1.54) is 0 Å². The molecule has 0 N–H and O–H groups in total. The van der Waals surface area contributed by atoms with E-state index in [0.717, 1.165) is 5.56 Å². The maximum Gasteiger partial charge on any atom is 0.240 e. The van der Waals surface area contributed by atoms with E-state index in [1.54, 1.807) is 12.1 Å². The van der Waals surface area contributed by atoms with Crippen LogP contribution in [-0.2, 0) is 0 Å². The molecule has 0 bridgehead atoms. The van der Waals surface area contributed by atoms with E-state index in [9.17, 15) is 9.59 Å². The summed E-state index contributed by atoms with van der Waals surface area (Å²) in [7, 11) is 0. The zero-order valence-electron chi connectivity index (χ0n) is 6.65. The van der Waals surface area contributed by atoms with Gasteiger partial charge in [0.2, 0.25) is 10.9 Å². The fourth-order valence-electron chi connectivity index (χ4n) is 1.25. The highest BCUT2D eigenvalue weighted by Crippen LogP contribution is 2.20. The maximum atomic E-state index is 11.1. The maximum absolute atomic E-state index is 11.1. The summed E-state index contributed by atoms with van der Waals surface area (Å²) in [6.45, 7) is 0. The fourth-order valence-corrected chi connectivity index (χ4v) is 1.58. The summed E-state index contributed by atoms with van der Waals surface area (Å²) in [6.07, 6.45) is 0. The molecule has 0 saturated carbocycles. The number of thiol groups is 1. The second kappa shape index (κ2) is 2.85. The van der Waals surface area contributed by atoms with Gasteiger partial charge in [0.25, 0.3) is 0 Å². The lowest BCUT2D eigenvalue weighted by Crippen LogP contribution is -2.33. The molecule has 2 aromatic carbocycles. The Kier molecular flexibility index (Phi) is 1.81. The zero-order chi connectivity index (χ0) is 9.42. The van der Waals surface area contributed by atoms with Crippen molar-refractivity contribution in [1.29, 1.82) is 0 Å². The summed E-state index contributed by atoms with van der Waals surface area (Å²) in [4.78, 5) is 22.3. The molecular formula is C10H6O2S. The predicted octanol–water partition coefficient (Wildman–Crippen LogP) is 1.24. The lowest BCUT2D eigenvalue weighted by atomic mass is 10.0. The largest absolute Gasteiger partial charge is 0.285 e. The normalized spacial score (nSPS) is 10.5. The molecule has 0 heterocycles. The average molecular weight is 190 g/mol. The van der Waals surface area contributed by atoms with Gasteiger partial charge in [-0.05, 0) is 5.56 Å². The molecule has 0 unspecified atom stereocenters. The molecule has 2 nitrogen and oxygen atoms in total. The first-order valence-corrected chi connectivity index (χ1v) is 4.24. The number of benzene rings is 1. The fraction of sp³-hybridized carbons (Fsp3) is 0. The van der Waals surface area contributed by atoms with Crippen LogP contribution in [0.5, 0.6) is 0 Å². The predicted molar refractivity (Wildman–Crippen MR) is 54.0 cm³/mol. The third-order valence-electron chi connectivity index (χ3n) is 1.95. The monoisotopic (exact) mass is 190 g/mol. The summed E-state index contributed by atoms with van der Waals surface area (Å²) in [5.41, 5.74) is 0.282. The first-order chi connectivity index (χ1) is 6.22. The second-order valence-electron chi connectivity index (χ2n) is 2.75. The van der Waals surface area contributed by atoms with Gasteiger partial charge in [-0.3, -0.25) is 9.59 Å². The van der Waals surface area contributed by atoms with Gasteiger partial charge in [0.15, 0.2) is 0 Å². The molecule has 3 heteroatoms. The summed E-state index contributed by atoms with van der Waals surface area (Å²) < 4.78 is 0. The molecule has 0 aromatic heterocycles. The number of rotatable bonds is 1. The topological polar surface area (TPSA) is 34.1 Å². The van der Waals surface area contributed by atoms with Crippen LogP contribution in [0.1, 0.15) is 0 Å². The van der Waals surface area contributed by atoms with Crippen molar-refractivity contribution in [3.05, 3.63) is 50.8 Å². The number of hydrogen-bond acceptors (Lipinski definition) is 3. The molecule has 0 aliphatic carbocycles. The van der Waals surface area contributed by atoms with Gasteiger partial charge in [-0.25, -0.2) is 0 Å². The molecule has 2 aromatic rings. The Morgan fingerprint density at radius 1 is 0.923 bits per heavy atom. The van der Waals surface area contributed by atoms with Gasteiger partial charge in [-0.15, -0.1) is 12.6 Å². The number of hydrogen-bond donors (Lipinski definition) is 1. The van der Waals surface area contributed by atoms with E-state index in [4.69, 9.17) is 0 Å². The Labute approximate surface area is 79.9 Å². The molecule has 0 amide bonds. The molecule has 0 fully saturated rings. The smallest absolute Gasteiger partial charge is 0.240 e.